The van der Waals surface area contributed by atoms with Crippen molar-refractivity contribution in [1.82, 2.24) is 15.0 Å². The predicted octanol–water partition coefficient (Wildman–Crippen LogP) is 3.32. The predicted molar refractivity (Wildman–Crippen MR) is 86.3 cm³/mol. The van der Waals surface area contributed by atoms with Crippen LogP contribution in [-0.2, 0) is 24.0 Å². The number of likely N-dealkylation sites (N-methyl/N-ethyl adjacent to an activating group) is 1. The number of benzene rings is 1. The van der Waals surface area contributed by atoms with Gasteiger partial charge in [-0.1, -0.05) is 25.1 Å². The van der Waals surface area contributed by atoms with E-state index in [9.17, 15) is 18.0 Å². The van der Waals surface area contributed by atoms with Crippen LogP contribution in [0.5, 0.6) is 5.75 Å². The zero-order valence-corrected chi connectivity index (χ0v) is 14.7. The van der Waals surface area contributed by atoms with Crippen molar-refractivity contribution in [3.8, 4) is 5.75 Å². The molecule has 6 nitrogen and oxygen atoms in total. The fourth-order valence-electron chi connectivity index (χ4n) is 2.18. The highest BCUT2D eigenvalue weighted by Gasteiger charge is 2.30. The van der Waals surface area contributed by atoms with E-state index in [2.05, 4.69) is 10.1 Å². The minimum atomic E-state index is -4.43. The summed E-state index contributed by atoms with van der Waals surface area (Å²) in [7, 11) is 1.69. The minimum absolute atomic E-state index is 0.0154. The number of hydrogen-bond acceptors (Lipinski definition) is 5. The van der Waals surface area contributed by atoms with Crippen LogP contribution in [0.25, 0.3) is 0 Å². The van der Waals surface area contributed by atoms with Crippen LogP contribution in [0.15, 0.2) is 28.8 Å². The smallest absolute Gasteiger partial charge is 0.416 e. The molecule has 26 heavy (non-hydrogen) atoms. The largest absolute Gasteiger partial charge is 0.484 e. The summed E-state index contributed by atoms with van der Waals surface area (Å²) in [4.78, 5) is 17.5. The maximum absolute atomic E-state index is 12.7. The third kappa shape index (κ3) is 5.47. The molecule has 2 aromatic rings. The monoisotopic (exact) mass is 371 g/mol. The van der Waals surface area contributed by atoms with Gasteiger partial charge in [-0.05, 0) is 18.2 Å². The maximum atomic E-state index is 12.7. The van der Waals surface area contributed by atoms with E-state index < -0.39 is 11.7 Å². The molecule has 0 bridgehead atoms. The Morgan fingerprint density at radius 3 is 2.73 bits per heavy atom. The van der Waals surface area contributed by atoms with E-state index >= 15 is 0 Å². The average Bonchev–Trinajstić information content (AvgIpc) is 3.04. The zero-order chi connectivity index (χ0) is 19.3. The number of alkyl halides is 3. The van der Waals surface area contributed by atoms with Crippen molar-refractivity contribution in [3.63, 3.8) is 0 Å². The molecule has 2 rings (SSSR count). The van der Waals surface area contributed by atoms with E-state index in [0.717, 1.165) is 12.1 Å². The molecule has 0 atom stereocenters. The van der Waals surface area contributed by atoms with Gasteiger partial charge in [0.1, 0.15) is 5.75 Å². The average molecular weight is 371 g/mol. The fourth-order valence-corrected chi connectivity index (χ4v) is 2.18. The molecule has 0 unspecified atom stereocenters. The number of halogens is 3. The maximum Gasteiger partial charge on any atom is 0.416 e. The second-order valence-electron chi connectivity index (χ2n) is 6.08. The van der Waals surface area contributed by atoms with E-state index in [1.54, 1.807) is 11.9 Å². The number of amides is 1. The molecule has 0 N–H and O–H groups in total. The number of hydrogen-bond donors (Lipinski definition) is 0. The summed E-state index contributed by atoms with van der Waals surface area (Å²) >= 11 is 0. The van der Waals surface area contributed by atoms with E-state index in [0.29, 0.717) is 18.8 Å². The first-order valence-corrected chi connectivity index (χ1v) is 8.03. The first-order valence-electron chi connectivity index (χ1n) is 8.03. The van der Waals surface area contributed by atoms with Crippen LogP contribution in [-0.4, -0.2) is 34.5 Å². The Kier molecular flexibility index (Phi) is 6.23. The van der Waals surface area contributed by atoms with Gasteiger partial charge in [0.2, 0.25) is 5.91 Å². The van der Waals surface area contributed by atoms with Crippen LogP contribution in [0.3, 0.4) is 0 Å². The van der Waals surface area contributed by atoms with Crippen LogP contribution in [0.1, 0.15) is 31.1 Å². The molecular weight excluding hydrogens is 351 g/mol. The normalized spacial score (nSPS) is 11.7. The SMILES string of the molecule is CC(C)C(=O)N(C)CCc1noc(COc2cccc(C(F)(F)F)c2)n1. The Morgan fingerprint density at radius 2 is 2.08 bits per heavy atom. The molecule has 0 aliphatic heterocycles. The van der Waals surface area contributed by atoms with Gasteiger partial charge >= 0.3 is 6.18 Å². The summed E-state index contributed by atoms with van der Waals surface area (Å²) in [5.41, 5.74) is -0.793. The number of aromatic nitrogens is 2. The molecule has 0 aliphatic carbocycles. The summed E-state index contributed by atoms with van der Waals surface area (Å²) in [5, 5.41) is 3.78. The third-order valence-corrected chi connectivity index (χ3v) is 3.57. The summed E-state index contributed by atoms with van der Waals surface area (Å²) in [6, 6.07) is 4.55. The van der Waals surface area contributed by atoms with Gasteiger partial charge in [0, 0.05) is 25.9 Å². The van der Waals surface area contributed by atoms with Crippen molar-refractivity contribution in [2.45, 2.75) is 33.1 Å². The zero-order valence-electron chi connectivity index (χ0n) is 14.7. The Morgan fingerprint density at radius 1 is 1.35 bits per heavy atom. The molecule has 1 amide bonds. The van der Waals surface area contributed by atoms with E-state index in [4.69, 9.17) is 9.26 Å². The molecule has 0 radical (unpaired) electrons. The number of rotatable bonds is 7. The van der Waals surface area contributed by atoms with Gasteiger partial charge in [0.15, 0.2) is 12.4 Å². The quantitative estimate of drug-likeness (QED) is 0.747. The van der Waals surface area contributed by atoms with Crippen LogP contribution >= 0.6 is 0 Å². The van der Waals surface area contributed by atoms with E-state index in [1.807, 2.05) is 13.8 Å². The van der Waals surface area contributed by atoms with E-state index in [1.165, 1.54) is 12.1 Å². The topological polar surface area (TPSA) is 68.5 Å². The van der Waals surface area contributed by atoms with Gasteiger partial charge in [-0.3, -0.25) is 4.79 Å². The van der Waals surface area contributed by atoms with Crippen molar-refractivity contribution in [2.75, 3.05) is 13.6 Å². The molecule has 0 saturated carbocycles. The highest BCUT2D eigenvalue weighted by molar-refractivity contribution is 5.77. The number of ether oxygens (including phenoxy) is 1. The van der Waals surface area contributed by atoms with Crippen molar-refractivity contribution in [3.05, 3.63) is 41.5 Å². The van der Waals surface area contributed by atoms with Crippen molar-refractivity contribution in [1.29, 1.82) is 0 Å². The Bertz CT molecular complexity index is 744. The lowest BCUT2D eigenvalue weighted by atomic mass is 10.2. The first kappa shape index (κ1) is 19.7. The van der Waals surface area contributed by atoms with Crippen LogP contribution in [0.4, 0.5) is 13.2 Å². The summed E-state index contributed by atoms with van der Waals surface area (Å²) in [6.07, 6.45) is -4.03. The summed E-state index contributed by atoms with van der Waals surface area (Å²) in [5.74, 6) is 0.524. The standard InChI is InChI=1S/C17H20F3N3O3/c1-11(2)16(24)23(3)8-7-14-21-15(26-22-14)10-25-13-6-4-5-12(9-13)17(18,19)20/h4-6,9,11H,7-8,10H2,1-3H3. The fraction of sp³-hybridized carbons (Fsp3) is 0.471. The Balaban J connectivity index is 1.88. The number of carbonyl (C=O) groups excluding carboxylic acids is 1. The van der Waals surface area contributed by atoms with Gasteiger partial charge in [-0.2, -0.15) is 18.2 Å². The number of carbonyl (C=O) groups is 1. The highest BCUT2D eigenvalue weighted by Crippen LogP contribution is 2.31. The number of nitrogens with zero attached hydrogens (tertiary/aromatic N) is 3. The van der Waals surface area contributed by atoms with Crippen LogP contribution in [0.2, 0.25) is 0 Å². The minimum Gasteiger partial charge on any atom is -0.484 e. The molecule has 9 heteroatoms. The van der Waals surface area contributed by atoms with Crippen LogP contribution < -0.4 is 4.74 Å². The van der Waals surface area contributed by atoms with Gasteiger partial charge in [0.25, 0.3) is 5.89 Å². The van der Waals surface area contributed by atoms with E-state index in [-0.39, 0.29) is 30.1 Å². The van der Waals surface area contributed by atoms with Crippen molar-refractivity contribution >= 4 is 5.91 Å². The second kappa shape index (κ2) is 8.20. The Labute approximate surface area is 148 Å². The molecule has 1 aromatic carbocycles. The lowest BCUT2D eigenvalue weighted by Gasteiger charge is -2.18. The van der Waals surface area contributed by atoms with Gasteiger partial charge in [-0.15, -0.1) is 0 Å². The molecule has 0 aliphatic rings. The van der Waals surface area contributed by atoms with Gasteiger partial charge in [0.05, 0.1) is 5.56 Å². The molecule has 1 heterocycles. The Hall–Kier alpha value is -2.58. The molecule has 1 aromatic heterocycles. The molecule has 0 spiro atoms. The van der Waals surface area contributed by atoms with Crippen molar-refractivity contribution in [2.24, 2.45) is 5.92 Å². The summed E-state index contributed by atoms with van der Waals surface area (Å²) in [6.45, 7) is 3.92. The first-order chi connectivity index (χ1) is 12.2. The third-order valence-electron chi connectivity index (χ3n) is 3.57. The molecular formula is C17H20F3N3O3. The molecule has 0 fully saturated rings. The summed E-state index contributed by atoms with van der Waals surface area (Å²) < 4.78 is 48.3. The lowest BCUT2D eigenvalue weighted by molar-refractivity contribution is -0.137. The van der Waals surface area contributed by atoms with Crippen molar-refractivity contribution < 1.29 is 27.2 Å². The van der Waals surface area contributed by atoms with Gasteiger partial charge < -0.3 is 14.2 Å². The van der Waals surface area contributed by atoms with Crippen LogP contribution in [0, 0.1) is 5.92 Å². The van der Waals surface area contributed by atoms with Gasteiger partial charge in [-0.25, -0.2) is 0 Å². The molecule has 0 saturated heterocycles. The highest BCUT2D eigenvalue weighted by atomic mass is 19.4. The molecule has 142 valence electrons. The second-order valence-corrected chi connectivity index (χ2v) is 6.08. The lowest BCUT2D eigenvalue weighted by Crippen LogP contribution is -2.32.